The van der Waals surface area contributed by atoms with E-state index in [9.17, 15) is 4.79 Å². The molecule has 1 aromatic heterocycles. The number of nitrogens with two attached hydrogens (primary N) is 1. The number of rotatable bonds is 3. The first-order valence-electron chi connectivity index (χ1n) is 5.85. The molecule has 5 heteroatoms. The summed E-state index contributed by atoms with van der Waals surface area (Å²) in [6.07, 6.45) is 1.76. The van der Waals surface area contributed by atoms with E-state index in [4.69, 9.17) is 5.73 Å². The number of carbonyl (C=O) groups excluding carboxylic acids is 1. The molecule has 5 nitrogen and oxygen atoms in total. The fourth-order valence-corrected chi connectivity index (χ4v) is 2.16. The number of amides is 1. The fraction of sp³-hybridized carbons (Fsp3) is 0.500. The molecule has 92 valence electrons. The molecule has 1 amide bonds. The van der Waals surface area contributed by atoms with Crippen LogP contribution in [0.5, 0.6) is 0 Å². The lowest BCUT2D eigenvalue weighted by Gasteiger charge is -2.37. The lowest BCUT2D eigenvalue weighted by Crippen LogP contribution is -2.61. The molecule has 17 heavy (non-hydrogen) atoms. The highest BCUT2D eigenvalue weighted by Gasteiger charge is 2.31. The molecule has 2 unspecified atom stereocenters. The molecule has 1 aliphatic heterocycles. The Morgan fingerprint density at radius 3 is 3.06 bits per heavy atom. The maximum Gasteiger partial charge on any atom is 0.238 e. The van der Waals surface area contributed by atoms with Crippen LogP contribution >= 0.6 is 0 Å². The van der Waals surface area contributed by atoms with Gasteiger partial charge in [0.05, 0.1) is 5.69 Å². The van der Waals surface area contributed by atoms with Gasteiger partial charge in [0, 0.05) is 31.9 Å². The van der Waals surface area contributed by atoms with Gasteiger partial charge < -0.3 is 11.1 Å². The number of piperazine rings is 1. The summed E-state index contributed by atoms with van der Waals surface area (Å²) in [6.45, 7) is 3.81. The third-order valence-corrected chi connectivity index (χ3v) is 2.95. The molecule has 2 heterocycles. The molecule has 1 aromatic rings. The van der Waals surface area contributed by atoms with Crippen LogP contribution in [0.3, 0.4) is 0 Å². The van der Waals surface area contributed by atoms with Crippen molar-refractivity contribution in [2.24, 2.45) is 5.73 Å². The van der Waals surface area contributed by atoms with Crippen molar-refractivity contribution in [3.05, 3.63) is 30.1 Å². The van der Waals surface area contributed by atoms with E-state index in [1.807, 2.05) is 25.1 Å². The monoisotopic (exact) mass is 234 g/mol. The van der Waals surface area contributed by atoms with Crippen molar-refractivity contribution >= 4 is 5.91 Å². The van der Waals surface area contributed by atoms with Crippen molar-refractivity contribution in [1.29, 1.82) is 0 Å². The zero-order chi connectivity index (χ0) is 12.3. The van der Waals surface area contributed by atoms with Crippen LogP contribution in [-0.2, 0) is 11.3 Å². The highest BCUT2D eigenvalue weighted by molar-refractivity contribution is 5.83. The first-order chi connectivity index (χ1) is 8.20. The van der Waals surface area contributed by atoms with Crippen molar-refractivity contribution < 1.29 is 4.79 Å². The van der Waals surface area contributed by atoms with Crippen LogP contribution in [-0.4, -0.2) is 41.0 Å². The minimum Gasteiger partial charge on any atom is -0.351 e. The van der Waals surface area contributed by atoms with Gasteiger partial charge in [-0.05, 0) is 19.1 Å². The number of hydrogen-bond donors (Lipinski definition) is 2. The summed E-state index contributed by atoms with van der Waals surface area (Å²) in [5.41, 5.74) is 6.63. The molecule has 3 N–H and O–H groups in total. The van der Waals surface area contributed by atoms with Crippen molar-refractivity contribution in [3.8, 4) is 0 Å². The number of pyridine rings is 1. The summed E-state index contributed by atoms with van der Waals surface area (Å²) in [7, 11) is 0. The Hall–Kier alpha value is -1.46. The van der Waals surface area contributed by atoms with Gasteiger partial charge in [0.2, 0.25) is 5.91 Å². The minimum absolute atomic E-state index is 0.0159. The van der Waals surface area contributed by atoms with E-state index >= 15 is 0 Å². The zero-order valence-electron chi connectivity index (χ0n) is 9.97. The maximum absolute atomic E-state index is 11.8. The Morgan fingerprint density at radius 1 is 1.59 bits per heavy atom. The Morgan fingerprint density at radius 2 is 2.41 bits per heavy atom. The van der Waals surface area contributed by atoms with Crippen LogP contribution in [0.25, 0.3) is 0 Å². The number of aromatic nitrogens is 1. The molecular formula is C12H18N4O. The van der Waals surface area contributed by atoms with Crippen molar-refractivity contribution in [1.82, 2.24) is 15.2 Å². The molecule has 0 aromatic carbocycles. The summed E-state index contributed by atoms with van der Waals surface area (Å²) >= 11 is 0. The molecule has 1 saturated heterocycles. The molecular weight excluding hydrogens is 216 g/mol. The second-order valence-corrected chi connectivity index (χ2v) is 4.41. The average Bonchev–Trinajstić information content (AvgIpc) is 2.30. The Bertz CT molecular complexity index is 381. The summed E-state index contributed by atoms with van der Waals surface area (Å²) in [5, 5.41) is 2.91. The van der Waals surface area contributed by atoms with Gasteiger partial charge in [0.1, 0.15) is 6.04 Å². The maximum atomic E-state index is 11.8. The number of nitrogens with zero attached hydrogens (tertiary/aromatic N) is 2. The molecule has 0 radical (unpaired) electrons. The van der Waals surface area contributed by atoms with Gasteiger partial charge >= 0.3 is 0 Å². The van der Waals surface area contributed by atoms with E-state index < -0.39 is 0 Å². The van der Waals surface area contributed by atoms with Gasteiger partial charge in [-0.25, -0.2) is 0 Å². The highest BCUT2D eigenvalue weighted by atomic mass is 16.2. The normalized spacial score (nSPS) is 25.6. The SMILES string of the molecule is CC1CN(Cc2ccccn2)C(CN)C(=O)N1. The third kappa shape index (κ3) is 2.81. The van der Waals surface area contributed by atoms with Gasteiger partial charge in [0.15, 0.2) is 0 Å². The van der Waals surface area contributed by atoms with Gasteiger partial charge in [-0.3, -0.25) is 14.7 Å². The molecule has 0 saturated carbocycles. The van der Waals surface area contributed by atoms with Gasteiger partial charge in [-0.1, -0.05) is 6.07 Å². The van der Waals surface area contributed by atoms with E-state index in [0.29, 0.717) is 13.1 Å². The topological polar surface area (TPSA) is 71.2 Å². The third-order valence-electron chi connectivity index (χ3n) is 2.95. The van der Waals surface area contributed by atoms with E-state index in [1.54, 1.807) is 6.20 Å². The van der Waals surface area contributed by atoms with Crippen LogP contribution in [0.15, 0.2) is 24.4 Å². The summed E-state index contributed by atoms with van der Waals surface area (Å²) in [4.78, 5) is 18.1. The Labute approximate surface area is 101 Å². The largest absolute Gasteiger partial charge is 0.351 e. The molecule has 0 aliphatic carbocycles. The van der Waals surface area contributed by atoms with Crippen LogP contribution in [0, 0.1) is 0 Å². The second kappa shape index (κ2) is 5.25. The van der Waals surface area contributed by atoms with E-state index in [1.165, 1.54) is 0 Å². The number of hydrogen-bond acceptors (Lipinski definition) is 4. The molecule has 2 atom stereocenters. The van der Waals surface area contributed by atoms with Crippen LogP contribution in [0.4, 0.5) is 0 Å². The van der Waals surface area contributed by atoms with Gasteiger partial charge in [0.25, 0.3) is 0 Å². The first kappa shape index (κ1) is 12.0. The zero-order valence-corrected chi connectivity index (χ0v) is 9.97. The van der Waals surface area contributed by atoms with Crippen LogP contribution < -0.4 is 11.1 Å². The predicted octanol–water partition coefficient (Wildman–Crippen LogP) is -0.271. The number of nitrogens with one attached hydrogen (secondary N) is 1. The molecule has 0 spiro atoms. The van der Waals surface area contributed by atoms with Crippen molar-refractivity contribution in [2.45, 2.75) is 25.6 Å². The van der Waals surface area contributed by atoms with E-state index in [2.05, 4.69) is 15.2 Å². The van der Waals surface area contributed by atoms with E-state index in [-0.39, 0.29) is 18.0 Å². The molecule has 1 fully saturated rings. The first-order valence-corrected chi connectivity index (χ1v) is 5.85. The van der Waals surface area contributed by atoms with Crippen LogP contribution in [0.1, 0.15) is 12.6 Å². The fourth-order valence-electron chi connectivity index (χ4n) is 2.16. The minimum atomic E-state index is -0.242. The van der Waals surface area contributed by atoms with Crippen LogP contribution in [0.2, 0.25) is 0 Å². The average molecular weight is 234 g/mol. The molecule has 0 bridgehead atoms. The summed E-state index contributed by atoms with van der Waals surface area (Å²) < 4.78 is 0. The smallest absolute Gasteiger partial charge is 0.238 e. The van der Waals surface area contributed by atoms with Crippen molar-refractivity contribution in [2.75, 3.05) is 13.1 Å². The standard InChI is InChI=1S/C12H18N4O/c1-9-7-16(11(6-13)12(17)15-9)8-10-4-2-3-5-14-10/h2-5,9,11H,6-8,13H2,1H3,(H,15,17). The summed E-state index contributed by atoms with van der Waals surface area (Å²) in [5.74, 6) is 0.0159. The highest BCUT2D eigenvalue weighted by Crippen LogP contribution is 2.11. The van der Waals surface area contributed by atoms with Gasteiger partial charge in [-0.2, -0.15) is 0 Å². The second-order valence-electron chi connectivity index (χ2n) is 4.41. The van der Waals surface area contributed by atoms with Crippen molar-refractivity contribution in [3.63, 3.8) is 0 Å². The quantitative estimate of drug-likeness (QED) is 0.755. The Kier molecular flexibility index (Phi) is 3.71. The molecule has 2 rings (SSSR count). The summed E-state index contributed by atoms with van der Waals surface area (Å²) in [6, 6.07) is 5.72. The Balaban J connectivity index is 2.09. The number of carbonyl (C=O) groups is 1. The van der Waals surface area contributed by atoms with Gasteiger partial charge in [-0.15, -0.1) is 0 Å². The lowest BCUT2D eigenvalue weighted by molar-refractivity contribution is -0.130. The lowest BCUT2D eigenvalue weighted by atomic mass is 10.1. The van der Waals surface area contributed by atoms with E-state index in [0.717, 1.165) is 12.2 Å². The predicted molar refractivity (Wildman–Crippen MR) is 65.1 cm³/mol. The molecule has 1 aliphatic rings.